The molecule has 0 unspecified atom stereocenters. The smallest absolute Gasteiger partial charge is 0.348 e. The third-order valence-electron chi connectivity index (χ3n) is 1.60. The maximum absolute atomic E-state index is 11.3. The molecule has 2 rings (SSSR count). The minimum atomic E-state index is -0.171. The van der Waals surface area contributed by atoms with E-state index in [0.29, 0.717) is 4.88 Å². The highest BCUT2D eigenvalue weighted by atomic mass is 32.2. The molecule has 1 saturated heterocycles. The Labute approximate surface area is 78.9 Å². The molecule has 1 aromatic rings. The average Bonchev–Trinajstić information content (AvgIpc) is 2.47. The minimum absolute atomic E-state index is 0.157. The van der Waals surface area contributed by atoms with Crippen molar-refractivity contribution in [2.24, 2.45) is 0 Å². The van der Waals surface area contributed by atoms with Crippen molar-refractivity contribution < 1.29 is 9.53 Å². The van der Waals surface area contributed by atoms with E-state index in [9.17, 15) is 4.79 Å². The molecule has 0 amide bonds. The molecule has 0 radical (unpaired) electrons. The van der Waals surface area contributed by atoms with Crippen molar-refractivity contribution in [1.82, 2.24) is 0 Å². The van der Waals surface area contributed by atoms with Gasteiger partial charge in [-0.3, -0.25) is 0 Å². The number of carbonyl (C=O) groups excluding carboxylic acids is 1. The Bertz CT molecular complexity index is 265. The maximum Gasteiger partial charge on any atom is 0.348 e. The molecule has 1 aliphatic rings. The molecule has 4 heteroatoms. The predicted molar refractivity (Wildman–Crippen MR) is 50.8 cm³/mol. The van der Waals surface area contributed by atoms with Crippen LogP contribution in [0.2, 0.25) is 0 Å². The molecular weight excluding hydrogens is 192 g/mol. The molecule has 1 aromatic heterocycles. The first-order chi connectivity index (χ1) is 5.86. The van der Waals surface area contributed by atoms with Crippen molar-refractivity contribution in [3.63, 3.8) is 0 Å². The molecule has 0 aromatic carbocycles. The largest absolute Gasteiger partial charge is 0.456 e. The zero-order chi connectivity index (χ0) is 8.39. The number of hydrogen-bond donors (Lipinski definition) is 0. The van der Waals surface area contributed by atoms with E-state index in [1.165, 1.54) is 11.3 Å². The van der Waals surface area contributed by atoms with Crippen molar-refractivity contribution in [3.8, 4) is 0 Å². The first-order valence-corrected chi connectivity index (χ1v) is 5.72. The zero-order valence-corrected chi connectivity index (χ0v) is 7.99. The van der Waals surface area contributed by atoms with Gasteiger partial charge >= 0.3 is 5.97 Å². The molecule has 2 heterocycles. The van der Waals surface area contributed by atoms with Gasteiger partial charge in [0.25, 0.3) is 0 Å². The van der Waals surface area contributed by atoms with E-state index in [-0.39, 0.29) is 12.1 Å². The molecule has 1 fully saturated rings. The van der Waals surface area contributed by atoms with Crippen LogP contribution in [-0.2, 0) is 4.74 Å². The fourth-order valence-corrected chi connectivity index (χ4v) is 2.06. The first-order valence-electron chi connectivity index (χ1n) is 3.68. The topological polar surface area (TPSA) is 26.3 Å². The van der Waals surface area contributed by atoms with Crippen molar-refractivity contribution in [3.05, 3.63) is 22.4 Å². The Morgan fingerprint density at radius 1 is 1.58 bits per heavy atom. The third-order valence-corrected chi connectivity index (χ3v) is 3.67. The molecule has 0 N–H and O–H groups in total. The third kappa shape index (κ3) is 1.64. The molecule has 64 valence electrons. The first kappa shape index (κ1) is 8.13. The van der Waals surface area contributed by atoms with Gasteiger partial charge in [-0.1, -0.05) is 6.07 Å². The van der Waals surface area contributed by atoms with Gasteiger partial charge in [0, 0.05) is 11.5 Å². The average molecular weight is 200 g/mol. The van der Waals surface area contributed by atoms with Crippen molar-refractivity contribution in [1.29, 1.82) is 0 Å². The number of carbonyl (C=O) groups is 1. The van der Waals surface area contributed by atoms with Gasteiger partial charge in [0.15, 0.2) is 0 Å². The molecule has 2 nitrogen and oxygen atoms in total. The maximum atomic E-state index is 11.3. The number of ether oxygens (including phenoxy) is 1. The highest BCUT2D eigenvalue weighted by molar-refractivity contribution is 8.00. The lowest BCUT2D eigenvalue weighted by molar-refractivity contribution is 0.0381. The van der Waals surface area contributed by atoms with Gasteiger partial charge in [-0.2, -0.15) is 11.8 Å². The van der Waals surface area contributed by atoms with Crippen molar-refractivity contribution >= 4 is 29.1 Å². The minimum Gasteiger partial charge on any atom is -0.456 e. The van der Waals surface area contributed by atoms with E-state index in [1.54, 1.807) is 6.07 Å². The number of esters is 1. The van der Waals surface area contributed by atoms with Gasteiger partial charge in [0.1, 0.15) is 11.0 Å². The summed E-state index contributed by atoms with van der Waals surface area (Å²) in [4.78, 5) is 12.0. The quantitative estimate of drug-likeness (QED) is 0.683. The van der Waals surface area contributed by atoms with E-state index in [4.69, 9.17) is 4.74 Å². The van der Waals surface area contributed by atoms with E-state index in [1.807, 2.05) is 23.2 Å². The van der Waals surface area contributed by atoms with E-state index >= 15 is 0 Å². The van der Waals surface area contributed by atoms with Gasteiger partial charge in [-0.15, -0.1) is 11.3 Å². The van der Waals surface area contributed by atoms with Crippen LogP contribution in [0.4, 0.5) is 0 Å². The summed E-state index contributed by atoms with van der Waals surface area (Å²) >= 11 is 3.24. The van der Waals surface area contributed by atoms with Crippen LogP contribution >= 0.6 is 23.1 Å². The van der Waals surface area contributed by atoms with Gasteiger partial charge in [-0.05, 0) is 11.4 Å². The molecule has 0 aliphatic carbocycles. The van der Waals surface area contributed by atoms with Gasteiger partial charge in [0.2, 0.25) is 0 Å². The van der Waals surface area contributed by atoms with Crippen LogP contribution in [0.15, 0.2) is 17.5 Å². The van der Waals surface area contributed by atoms with Crippen LogP contribution in [0.3, 0.4) is 0 Å². The van der Waals surface area contributed by atoms with Crippen LogP contribution < -0.4 is 0 Å². The Morgan fingerprint density at radius 2 is 2.42 bits per heavy atom. The highest BCUT2D eigenvalue weighted by Gasteiger charge is 2.23. The van der Waals surface area contributed by atoms with Gasteiger partial charge in [0.05, 0.1) is 0 Å². The fraction of sp³-hybridized carbons (Fsp3) is 0.375. The molecule has 12 heavy (non-hydrogen) atoms. The number of rotatable bonds is 2. The number of hydrogen-bond acceptors (Lipinski definition) is 4. The predicted octanol–water partition coefficient (Wildman–Crippen LogP) is 2.02. The fourth-order valence-electron chi connectivity index (χ4n) is 0.886. The van der Waals surface area contributed by atoms with Crippen molar-refractivity contribution in [2.45, 2.75) is 6.10 Å². The second kappa shape index (κ2) is 3.49. The van der Waals surface area contributed by atoms with Crippen LogP contribution in [0.1, 0.15) is 9.67 Å². The number of thiophene rings is 1. The molecule has 0 saturated carbocycles. The summed E-state index contributed by atoms with van der Waals surface area (Å²) in [5, 5.41) is 1.88. The lowest BCUT2D eigenvalue weighted by atomic mass is 10.4. The summed E-state index contributed by atoms with van der Waals surface area (Å²) in [6, 6.07) is 3.65. The SMILES string of the molecule is O=C(OC1CSC1)c1cccs1. The Kier molecular flexibility index (Phi) is 2.37. The molecule has 1 aliphatic heterocycles. The Morgan fingerprint density at radius 3 is 2.92 bits per heavy atom. The Hall–Kier alpha value is -0.480. The van der Waals surface area contributed by atoms with Crippen LogP contribution in [0.5, 0.6) is 0 Å². The van der Waals surface area contributed by atoms with Crippen LogP contribution in [-0.4, -0.2) is 23.6 Å². The lowest BCUT2D eigenvalue weighted by Crippen LogP contribution is -2.30. The summed E-state index contributed by atoms with van der Waals surface area (Å²) in [7, 11) is 0. The van der Waals surface area contributed by atoms with E-state index < -0.39 is 0 Å². The molecule has 0 atom stereocenters. The second-order valence-electron chi connectivity index (χ2n) is 2.54. The second-order valence-corrected chi connectivity index (χ2v) is 4.56. The molecule has 0 bridgehead atoms. The summed E-state index contributed by atoms with van der Waals surface area (Å²) < 4.78 is 5.18. The van der Waals surface area contributed by atoms with Gasteiger partial charge < -0.3 is 4.74 Å². The zero-order valence-electron chi connectivity index (χ0n) is 6.36. The molecular formula is C8H8O2S2. The number of thioether (sulfide) groups is 1. The van der Waals surface area contributed by atoms with E-state index in [0.717, 1.165) is 11.5 Å². The normalized spacial score (nSPS) is 17.0. The van der Waals surface area contributed by atoms with Crippen molar-refractivity contribution in [2.75, 3.05) is 11.5 Å². The van der Waals surface area contributed by atoms with Crippen LogP contribution in [0.25, 0.3) is 0 Å². The monoisotopic (exact) mass is 200 g/mol. The standard InChI is InChI=1S/C8H8O2S2/c9-8(7-2-1-3-12-7)10-6-4-11-5-6/h1-3,6H,4-5H2. The summed E-state index contributed by atoms with van der Waals surface area (Å²) in [5.74, 6) is 1.74. The van der Waals surface area contributed by atoms with Gasteiger partial charge in [-0.25, -0.2) is 4.79 Å². The highest BCUT2D eigenvalue weighted by Crippen LogP contribution is 2.22. The van der Waals surface area contributed by atoms with E-state index in [2.05, 4.69) is 0 Å². The summed E-state index contributed by atoms with van der Waals surface area (Å²) in [6.07, 6.45) is 0.157. The lowest BCUT2D eigenvalue weighted by Gasteiger charge is -2.24. The van der Waals surface area contributed by atoms with Crippen LogP contribution in [0, 0.1) is 0 Å². The molecule has 0 spiro atoms. The Balaban J connectivity index is 1.92. The summed E-state index contributed by atoms with van der Waals surface area (Å²) in [5.41, 5.74) is 0. The summed E-state index contributed by atoms with van der Waals surface area (Å²) in [6.45, 7) is 0.